The molecule has 2 aromatic heterocycles. The zero-order chi connectivity index (χ0) is 19.4. The Kier molecular flexibility index (Phi) is 9.60. The van der Waals surface area contributed by atoms with E-state index in [1.807, 2.05) is 54.6 Å². The van der Waals surface area contributed by atoms with Gasteiger partial charge in [-0.15, -0.1) is 5.69 Å². The van der Waals surface area contributed by atoms with Crippen molar-refractivity contribution in [2.24, 2.45) is 0 Å². The third-order valence-electron chi connectivity index (χ3n) is 3.90. The van der Waals surface area contributed by atoms with E-state index in [1.165, 1.54) is 11.4 Å². The molecule has 0 radical (unpaired) electrons. The molecule has 0 saturated carbocycles. The molecule has 0 saturated heterocycles. The van der Waals surface area contributed by atoms with E-state index in [2.05, 4.69) is 69.9 Å². The second-order valence-corrected chi connectivity index (χ2v) is 5.88. The van der Waals surface area contributed by atoms with Gasteiger partial charge in [0.15, 0.2) is 0 Å². The molecule has 1 aliphatic heterocycles. The molecular weight excluding hydrogens is 539 g/mol. The molecular formula is C24H22N4Pt. The van der Waals surface area contributed by atoms with E-state index < -0.39 is 0 Å². The van der Waals surface area contributed by atoms with Crippen molar-refractivity contribution in [2.45, 2.75) is 0 Å². The summed E-state index contributed by atoms with van der Waals surface area (Å²) in [7, 11) is 2.06. The average Bonchev–Trinajstić information content (AvgIpc) is 3.14. The molecule has 0 aliphatic carbocycles. The van der Waals surface area contributed by atoms with Crippen LogP contribution in [0.3, 0.4) is 0 Å². The summed E-state index contributed by atoms with van der Waals surface area (Å²) in [5.74, 6) is 0. The van der Waals surface area contributed by atoms with Gasteiger partial charge in [0.2, 0.25) is 0 Å². The predicted molar refractivity (Wildman–Crippen MR) is 115 cm³/mol. The number of hydrogen-bond acceptors (Lipinski definition) is 4. The molecule has 5 heteroatoms. The summed E-state index contributed by atoms with van der Waals surface area (Å²) in [5, 5.41) is 0. The Morgan fingerprint density at radius 3 is 1.69 bits per heavy atom. The van der Waals surface area contributed by atoms with Crippen molar-refractivity contribution in [2.75, 3.05) is 16.8 Å². The van der Waals surface area contributed by atoms with Crippen LogP contribution in [0.1, 0.15) is 0 Å². The summed E-state index contributed by atoms with van der Waals surface area (Å²) in [5.41, 5.74) is 3.49. The molecule has 0 fully saturated rings. The summed E-state index contributed by atoms with van der Waals surface area (Å²) in [6, 6.07) is 31.0. The van der Waals surface area contributed by atoms with E-state index in [0.717, 1.165) is 5.69 Å². The van der Waals surface area contributed by atoms with Gasteiger partial charge in [-0.1, -0.05) is 24.3 Å². The summed E-state index contributed by atoms with van der Waals surface area (Å²) >= 11 is 0. The van der Waals surface area contributed by atoms with Crippen LogP contribution >= 0.6 is 0 Å². The van der Waals surface area contributed by atoms with Gasteiger partial charge in [-0.05, 0) is 43.4 Å². The van der Waals surface area contributed by atoms with Crippen molar-refractivity contribution in [3.05, 3.63) is 122 Å². The number of anilines is 3. The third-order valence-corrected chi connectivity index (χ3v) is 3.90. The molecule has 3 heterocycles. The molecule has 0 unspecified atom stereocenters. The van der Waals surface area contributed by atoms with E-state index in [1.54, 1.807) is 24.8 Å². The first-order valence-electron chi connectivity index (χ1n) is 8.99. The SMILES string of the molecule is CN1[CH-]N(c2[c-]cccc2)c2ccccc21.[Pt+2].c1ccncc1.c1ccncc1. The number of rotatable bonds is 1. The molecule has 148 valence electrons. The first-order chi connectivity index (χ1) is 13.9. The molecule has 0 spiro atoms. The smallest absolute Gasteiger partial charge is 0.504 e. The Bertz CT molecular complexity index is 836. The summed E-state index contributed by atoms with van der Waals surface area (Å²) < 4.78 is 0. The third kappa shape index (κ3) is 6.85. The molecule has 5 rings (SSSR count). The van der Waals surface area contributed by atoms with Gasteiger partial charge in [-0.25, -0.2) is 0 Å². The maximum atomic E-state index is 3.78. The quantitative estimate of drug-likeness (QED) is 0.293. The van der Waals surface area contributed by atoms with Gasteiger partial charge in [0.05, 0.1) is 0 Å². The Labute approximate surface area is 187 Å². The number of fused-ring (bicyclic) bond motifs is 1. The second-order valence-electron chi connectivity index (χ2n) is 5.88. The van der Waals surface area contributed by atoms with Crippen LogP contribution in [0, 0.1) is 12.7 Å². The number of nitrogens with zero attached hydrogens (tertiary/aromatic N) is 4. The van der Waals surface area contributed by atoms with Crippen LogP contribution in [-0.2, 0) is 21.1 Å². The van der Waals surface area contributed by atoms with Gasteiger partial charge in [-0.3, -0.25) is 9.97 Å². The fourth-order valence-corrected chi connectivity index (χ4v) is 2.61. The predicted octanol–water partition coefficient (Wildman–Crippen LogP) is 5.35. The Hall–Kier alpha value is -2.97. The Balaban J connectivity index is 0.000000191. The maximum Gasteiger partial charge on any atom is 2.00 e. The van der Waals surface area contributed by atoms with Gasteiger partial charge in [0, 0.05) is 36.2 Å². The zero-order valence-corrected chi connectivity index (χ0v) is 18.3. The van der Waals surface area contributed by atoms with E-state index in [9.17, 15) is 0 Å². The van der Waals surface area contributed by atoms with E-state index >= 15 is 0 Å². The van der Waals surface area contributed by atoms with E-state index in [-0.39, 0.29) is 21.1 Å². The van der Waals surface area contributed by atoms with Crippen molar-refractivity contribution in [1.82, 2.24) is 9.97 Å². The van der Waals surface area contributed by atoms with Crippen LogP contribution in [0.25, 0.3) is 0 Å². The van der Waals surface area contributed by atoms with Gasteiger partial charge < -0.3 is 9.80 Å². The van der Waals surface area contributed by atoms with Crippen molar-refractivity contribution in [3.8, 4) is 0 Å². The number of hydrogen-bond donors (Lipinski definition) is 0. The van der Waals surface area contributed by atoms with Crippen LogP contribution in [0.15, 0.2) is 110 Å². The Morgan fingerprint density at radius 2 is 1.24 bits per heavy atom. The topological polar surface area (TPSA) is 32.3 Å². The van der Waals surface area contributed by atoms with Gasteiger partial charge in [-0.2, -0.15) is 37.0 Å². The largest absolute Gasteiger partial charge is 2.00 e. The van der Waals surface area contributed by atoms with Crippen LogP contribution in [0.5, 0.6) is 0 Å². The van der Waals surface area contributed by atoms with Crippen molar-refractivity contribution in [1.29, 1.82) is 0 Å². The fraction of sp³-hybridized carbons (Fsp3) is 0.0417. The van der Waals surface area contributed by atoms with Crippen molar-refractivity contribution >= 4 is 17.1 Å². The summed E-state index contributed by atoms with van der Waals surface area (Å²) in [6.45, 7) is 2.08. The van der Waals surface area contributed by atoms with E-state index in [0.29, 0.717) is 0 Å². The standard InChI is InChI=1S/C14H12N2.2C5H5N.Pt/c1-15-11-16(12-7-3-2-4-8-12)14-10-6-5-9-13(14)15;2*1-2-4-6-5-3-1;/h2-7,9-11H,1H3;2*1-5H;/q-2;;;+2. The van der Waals surface area contributed by atoms with Crippen molar-refractivity contribution < 1.29 is 21.1 Å². The molecule has 1 aliphatic rings. The van der Waals surface area contributed by atoms with Gasteiger partial charge in [0.25, 0.3) is 0 Å². The van der Waals surface area contributed by atoms with Crippen LogP contribution in [0.4, 0.5) is 17.1 Å². The Morgan fingerprint density at radius 1 is 0.690 bits per heavy atom. The monoisotopic (exact) mass is 561 g/mol. The number of pyridine rings is 2. The minimum absolute atomic E-state index is 0. The van der Waals surface area contributed by atoms with E-state index in [4.69, 9.17) is 0 Å². The number of para-hydroxylation sites is 3. The molecule has 4 aromatic rings. The van der Waals surface area contributed by atoms with Gasteiger partial charge in [0.1, 0.15) is 0 Å². The molecule has 0 N–H and O–H groups in total. The first-order valence-corrected chi connectivity index (χ1v) is 8.99. The average molecular weight is 562 g/mol. The molecule has 4 nitrogen and oxygen atoms in total. The first kappa shape index (κ1) is 22.3. The van der Waals surface area contributed by atoms with Gasteiger partial charge >= 0.3 is 21.1 Å². The minimum Gasteiger partial charge on any atom is -0.504 e. The molecule has 0 bridgehead atoms. The maximum absolute atomic E-state index is 3.78. The van der Waals surface area contributed by atoms with Crippen LogP contribution in [-0.4, -0.2) is 17.0 Å². The second kappa shape index (κ2) is 12.5. The summed E-state index contributed by atoms with van der Waals surface area (Å²) in [4.78, 5) is 11.8. The van der Waals surface area contributed by atoms with Crippen LogP contribution in [0.2, 0.25) is 0 Å². The van der Waals surface area contributed by atoms with Crippen LogP contribution < -0.4 is 9.80 Å². The number of benzene rings is 2. The molecule has 0 amide bonds. The molecule has 2 aromatic carbocycles. The minimum atomic E-state index is 0. The normalized spacial score (nSPS) is 11.1. The summed E-state index contributed by atoms with van der Waals surface area (Å²) in [6.07, 6.45) is 7.00. The zero-order valence-electron chi connectivity index (χ0n) is 16.1. The van der Waals surface area contributed by atoms with Crippen molar-refractivity contribution in [3.63, 3.8) is 0 Å². The number of aromatic nitrogens is 2. The molecule has 0 atom stereocenters. The molecule has 29 heavy (non-hydrogen) atoms. The fourth-order valence-electron chi connectivity index (χ4n) is 2.61.